The molecule has 0 bridgehead atoms. The Morgan fingerprint density at radius 3 is 2.59 bits per heavy atom. The Morgan fingerprint density at radius 2 is 2.05 bits per heavy atom. The predicted molar refractivity (Wildman–Crippen MR) is 81.8 cm³/mol. The minimum Gasteiger partial charge on any atom is -0.244 e. The third-order valence-electron chi connectivity index (χ3n) is 4.48. The van der Waals surface area contributed by atoms with Crippen LogP contribution in [0.5, 0.6) is 0 Å². The van der Waals surface area contributed by atoms with E-state index in [1.54, 1.807) is 11.0 Å². The Balaban J connectivity index is 1.60. The molecule has 2 aliphatic rings. The highest BCUT2D eigenvalue weighted by Gasteiger charge is 2.54. The quantitative estimate of drug-likeness (QED) is 0.643. The van der Waals surface area contributed by atoms with Crippen LogP contribution in [0.3, 0.4) is 0 Å². The zero-order chi connectivity index (χ0) is 15.0. The van der Waals surface area contributed by atoms with Crippen LogP contribution in [-0.4, -0.2) is 14.8 Å². The van der Waals surface area contributed by atoms with Crippen molar-refractivity contribution in [3.05, 3.63) is 53.0 Å². The summed E-state index contributed by atoms with van der Waals surface area (Å²) < 4.78 is 1.78. The summed E-state index contributed by atoms with van der Waals surface area (Å²) in [4.78, 5) is 15.4. The molecule has 2 fully saturated rings. The summed E-state index contributed by atoms with van der Waals surface area (Å²) in [5.74, 6) is 7.02. The topological polar surface area (TPSA) is 60.1 Å². The molecular formula is C17H16N4O. The molecule has 2 aliphatic carbocycles. The maximum absolute atomic E-state index is 11.5. The number of benzene rings is 1. The Kier molecular flexibility index (Phi) is 3.04. The molecule has 1 aromatic carbocycles. The van der Waals surface area contributed by atoms with E-state index in [-0.39, 0.29) is 5.54 Å². The molecule has 110 valence electrons. The predicted octanol–water partition coefficient (Wildman–Crippen LogP) is 3.04. The maximum atomic E-state index is 11.5. The van der Waals surface area contributed by atoms with Crippen LogP contribution < -0.4 is 0 Å². The van der Waals surface area contributed by atoms with Gasteiger partial charge < -0.3 is 0 Å². The van der Waals surface area contributed by atoms with Crippen LogP contribution in [0.4, 0.5) is 0 Å². The van der Waals surface area contributed by atoms with Gasteiger partial charge in [-0.25, -0.2) is 9.67 Å². The molecule has 1 aromatic heterocycles. The van der Waals surface area contributed by atoms with E-state index in [1.165, 1.54) is 19.2 Å². The van der Waals surface area contributed by atoms with Gasteiger partial charge in [-0.1, -0.05) is 29.2 Å². The van der Waals surface area contributed by atoms with E-state index in [9.17, 15) is 4.91 Å². The summed E-state index contributed by atoms with van der Waals surface area (Å²) in [5, 5.41) is 7.59. The van der Waals surface area contributed by atoms with Gasteiger partial charge in [-0.15, -0.1) is 0 Å². The van der Waals surface area contributed by atoms with Gasteiger partial charge in [0, 0.05) is 11.5 Å². The molecule has 0 spiro atoms. The lowest BCUT2D eigenvalue weighted by Gasteiger charge is -2.21. The zero-order valence-electron chi connectivity index (χ0n) is 12.1. The Labute approximate surface area is 128 Å². The van der Waals surface area contributed by atoms with Gasteiger partial charge in [0.2, 0.25) is 0 Å². The first kappa shape index (κ1) is 13.2. The van der Waals surface area contributed by atoms with E-state index in [2.05, 4.69) is 27.1 Å². The Morgan fingerprint density at radius 1 is 1.27 bits per heavy atom. The fourth-order valence-corrected chi connectivity index (χ4v) is 2.83. The Bertz CT molecular complexity index is 731. The second-order valence-corrected chi connectivity index (χ2v) is 6.12. The number of rotatable bonds is 4. The highest BCUT2D eigenvalue weighted by Crippen LogP contribution is 2.53. The highest BCUT2D eigenvalue weighted by atomic mass is 16.3. The number of hydrogen-bond acceptors (Lipinski definition) is 4. The summed E-state index contributed by atoms with van der Waals surface area (Å²) in [7, 11) is 0. The van der Waals surface area contributed by atoms with Crippen LogP contribution >= 0.6 is 0 Å². The fraction of sp³-hybridized carbons (Fsp3) is 0.412. The molecule has 22 heavy (non-hydrogen) atoms. The zero-order valence-corrected chi connectivity index (χ0v) is 12.1. The van der Waals surface area contributed by atoms with E-state index in [1.807, 2.05) is 24.3 Å². The third kappa shape index (κ3) is 2.31. The van der Waals surface area contributed by atoms with Gasteiger partial charge in [0.1, 0.15) is 18.7 Å². The first-order chi connectivity index (χ1) is 10.8. The molecule has 5 nitrogen and oxygen atoms in total. The summed E-state index contributed by atoms with van der Waals surface area (Å²) in [6, 6.07) is 7.43. The number of nitrogens with zero attached hydrogens (tertiary/aromatic N) is 4. The lowest BCUT2D eigenvalue weighted by molar-refractivity contribution is 0.357. The summed E-state index contributed by atoms with van der Waals surface area (Å²) in [5.41, 5.74) is 1.57. The molecule has 0 amide bonds. The average Bonchev–Trinajstić information content (AvgIpc) is 3.48. The minimum absolute atomic E-state index is 0.334. The second kappa shape index (κ2) is 5.06. The summed E-state index contributed by atoms with van der Waals surface area (Å²) in [6.45, 7) is 0. The Hall–Kier alpha value is -2.48. The lowest BCUT2D eigenvalue weighted by atomic mass is 9.97. The van der Waals surface area contributed by atoms with Crippen molar-refractivity contribution < 1.29 is 0 Å². The van der Waals surface area contributed by atoms with Gasteiger partial charge in [0.05, 0.1) is 5.54 Å². The fourth-order valence-electron chi connectivity index (χ4n) is 2.83. The van der Waals surface area contributed by atoms with Crippen molar-refractivity contribution in [1.29, 1.82) is 0 Å². The van der Waals surface area contributed by atoms with Gasteiger partial charge in [-0.05, 0) is 43.4 Å². The van der Waals surface area contributed by atoms with E-state index in [4.69, 9.17) is 0 Å². The third-order valence-corrected chi connectivity index (χ3v) is 4.48. The number of hydrogen-bond donors (Lipinski definition) is 0. The molecular weight excluding hydrogens is 276 g/mol. The molecule has 1 heterocycles. The first-order valence-corrected chi connectivity index (χ1v) is 7.61. The molecule has 0 radical (unpaired) electrons. The van der Waals surface area contributed by atoms with E-state index < -0.39 is 6.04 Å². The average molecular weight is 292 g/mol. The van der Waals surface area contributed by atoms with E-state index in [0.29, 0.717) is 5.92 Å². The number of nitroso groups, excluding NO2 is 1. The summed E-state index contributed by atoms with van der Waals surface area (Å²) in [6.07, 6.45) is 7.41. The monoisotopic (exact) mass is 292 g/mol. The van der Waals surface area contributed by atoms with Crippen LogP contribution in [0.15, 0.2) is 42.1 Å². The molecule has 0 aliphatic heterocycles. The van der Waals surface area contributed by atoms with E-state index in [0.717, 1.165) is 24.0 Å². The van der Waals surface area contributed by atoms with Crippen LogP contribution in [0.2, 0.25) is 0 Å². The standard InChI is InChI=1S/C17H16N4O/c22-20-16(17(9-10-17)21-12-18-11-19-21)15-7-5-14(6-8-15)4-3-13-1-2-13/h5-8,11-13,16H,1-2,9-10H2. The van der Waals surface area contributed by atoms with Gasteiger partial charge in [-0.3, -0.25) is 0 Å². The van der Waals surface area contributed by atoms with Crippen LogP contribution in [0.1, 0.15) is 42.9 Å². The lowest BCUT2D eigenvalue weighted by Crippen LogP contribution is -2.25. The number of aromatic nitrogens is 3. The second-order valence-electron chi connectivity index (χ2n) is 6.12. The van der Waals surface area contributed by atoms with Crippen molar-refractivity contribution in [1.82, 2.24) is 14.8 Å². The molecule has 0 saturated heterocycles. The molecule has 5 heteroatoms. The smallest absolute Gasteiger partial charge is 0.142 e. The molecule has 0 N–H and O–H groups in total. The van der Waals surface area contributed by atoms with Crippen molar-refractivity contribution in [3.8, 4) is 11.8 Å². The van der Waals surface area contributed by atoms with Crippen molar-refractivity contribution in [2.45, 2.75) is 37.3 Å². The molecule has 1 atom stereocenters. The normalized spacial score (nSPS) is 19.8. The maximum Gasteiger partial charge on any atom is 0.142 e. The highest BCUT2D eigenvalue weighted by molar-refractivity contribution is 5.39. The van der Waals surface area contributed by atoms with Gasteiger partial charge in [-0.2, -0.15) is 10.0 Å². The van der Waals surface area contributed by atoms with Crippen molar-refractivity contribution >= 4 is 0 Å². The SMILES string of the molecule is O=NC(c1ccc(C#CC2CC2)cc1)C1(n2cncn2)CC1. The van der Waals surface area contributed by atoms with Crippen molar-refractivity contribution in [3.63, 3.8) is 0 Å². The summed E-state index contributed by atoms with van der Waals surface area (Å²) >= 11 is 0. The van der Waals surface area contributed by atoms with Gasteiger partial charge in [0.25, 0.3) is 0 Å². The largest absolute Gasteiger partial charge is 0.244 e. The minimum atomic E-state index is -0.431. The van der Waals surface area contributed by atoms with Crippen LogP contribution in [0, 0.1) is 22.7 Å². The molecule has 2 saturated carbocycles. The molecule has 1 unspecified atom stereocenters. The van der Waals surface area contributed by atoms with Crippen molar-refractivity contribution in [2.24, 2.45) is 11.1 Å². The van der Waals surface area contributed by atoms with Crippen LogP contribution in [0.25, 0.3) is 0 Å². The first-order valence-electron chi connectivity index (χ1n) is 7.61. The van der Waals surface area contributed by atoms with Crippen molar-refractivity contribution in [2.75, 3.05) is 0 Å². The van der Waals surface area contributed by atoms with Crippen LogP contribution in [-0.2, 0) is 5.54 Å². The van der Waals surface area contributed by atoms with Gasteiger partial charge >= 0.3 is 0 Å². The van der Waals surface area contributed by atoms with E-state index >= 15 is 0 Å². The molecule has 2 aromatic rings. The molecule has 4 rings (SSSR count). The van der Waals surface area contributed by atoms with Gasteiger partial charge in [0.15, 0.2) is 0 Å².